The number of halogens is 4. The summed E-state index contributed by atoms with van der Waals surface area (Å²) in [6.07, 6.45) is 1.60. The monoisotopic (exact) mass is 276 g/mol. The third kappa shape index (κ3) is 2.83. The van der Waals surface area contributed by atoms with E-state index in [2.05, 4.69) is 5.32 Å². The third-order valence-electron chi connectivity index (χ3n) is 3.32. The average molecular weight is 276 g/mol. The van der Waals surface area contributed by atoms with Gasteiger partial charge in [0.15, 0.2) is 23.3 Å². The molecule has 1 fully saturated rings. The minimum Gasteiger partial charge on any atom is -0.365 e. The second kappa shape index (κ2) is 5.77. The van der Waals surface area contributed by atoms with Gasteiger partial charge in [-0.15, -0.1) is 0 Å². The fourth-order valence-corrected chi connectivity index (χ4v) is 2.47. The Hall–Kier alpha value is -1.30. The van der Waals surface area contributed by atoms with Crippen molar-refractivity contribution in [1.82, 2.24) is 5.32 Å². The summed E-state index contributed by atoms with van der Waals surface area (Å²) in [5.41, 5.74) is -0.597. The largest absolute Gasteiger partial charge is 0.365 e. The van der Waals surface area contributed by atoms with Crippen molar-refractivity contribution in [2.45, 2.75) is 25.8 Å². The summed E-state index contributed by atoms with van der Waals surface area (Å²) in [4.78, 5) is 1.37. The van der Waals surface area contributed by atoms with Crippen molar-refractivity contribution in [2.75, 3.05) is 24.5 Å². The van der Waals surface area contributed by atoms with Gasteiger partial charge in [0.2, 0.25) is 0 Å². The maximum absolute atomic E-state index is 13.7. The molecule has 1 unspecified atom stereocenters. The number of anilines is 1. The highest BCUT2D eigenvalue weighted by Gasteiger charge is 2.27. The lowest BCUT2D eigenvalue weighted by Crippen LogP contribution is -2.46. The van der Waals surface area contributed by atoms with E-state index in [0.717, 1.165) is 13.0 Å². The van der Waals surface area contributed by atoms with Gasteiger partial charge in [-0.1, -0.05) is 6.92 Å². The first-order chi connectivity index (χ1) is 9.04. The maximum Gasteiger partial charge on any atom is 0.185 e. The Morgan fingerprint density at radius 3 is 2.42 bits per heavy atom. The summed E-state index contributed by atoms with van der Waals surface area (Å²) in [7, 11) is 0. The molecule has 19 heavy (non-hydrogen) atoms. The Morgan fingerprint density at radius 2 is 1.84 bits per heavy atom. The van der Waals surface area contributed by atoms with Gasteiger partial charge in [-0.2, -0.15) is 0 Å². The van der Waals surface area contributed by atoms with Crippen LogP contribution in [0.4, 0.5) is 23.2 Å². The minimum atomic E-state index is -1.36. The van der Waals surface area contributed by atoms with Crippen molar-refractivity contribution in [2.24, 2.45) is 0 Å². The molecule has 2 nitrogen and oxygen atoms in total. The van der Waals surface area contributed by atoms with Crippen molar-refractivity contribution in [3.63, 3.8) is 0 Å². The van der Waals surface area contributed by atoms with Crippen LogP contribution in [0, 0.1) is 23.3 Å². The van der Waals surface area contributed by atoms with Gasteiger partial charge in [0.25, 0.3) is 0 Å². The van der Waals surface area contributed by atoms with E-state index in [1.165, 1.54) is 4.90 Å². The zero-order valence-electron chi connectivity index (χ0n) is 10.6. The van der Waals surface area contributed by atoms with E-state index in [-0.39, 0.29) is 12.1 Å². The highest BCUT2D eigenvalue weighted by molar-refractivity contribution is 5.50. The van der Waals surface area contributed by atoms with E-state index in [0.29, 0.717) is 19.5 Å². The minimum absolute atomic E-state index is 0.0730. The third-order valence-corrected chi connectivity index (χ3v) is 3.32. The molecule has 0 spiro atoms. The lowest BCUT2D eigenvalue weighted by Gasteiger charge is -2.35. The standard InChI is InChI=1S/C13H16F4N2/c1-2-18-8-4-3-5-19(7-8)13-11(16)9(14)6-10(15)12(13)17/h6,8,18H,2-5,7H2,1H3. The number of hydrogen-bond donors (Lipinski definition) is 1. The van der Waals surface area contributed by atoms with Gasteiger partial charge in [0.1, 0.15) is 5.69 Å². The average Bonchev–Trinajstić information content (AvgIpc) is 2.38. The van der Waals surface area contributed by atoms with E-state index in [4.69, 9.17) is 0 Å². The molecule has 1 aliphatic rings. The molecular formula is C13H16F4N2. The van der Waals surface area contributed by atoms with Gasteiger partial charge in [-0.25, -0.2) is 17.6 Å². The fraction of sp³-hybridized carbons (Fsp3) is 0.538. The van der Waals surface area contributed by atoms with Gasteiger partial charge in [-0.05, 0) is 19.4 Å². The van der Waals surface area contributed by atoms with Crippen LogP contribution < -0.4 is 10.2 Å². The molecular weight excluding hydrogens is 260 g/mol. The first-order valence-corrected chi connectivity index (χ1v) is 6.36. The Balaban J connectivity index is 2.30. The number of rotatable bonds is 3. The van der Waals surface area contributed by atoms with Gasteiger partial charge in [0, 0.05) is 25.2 Å². The van der Waals surface area contributed by atoms with Crippen LogP contribution in [0.3, 0.4) is 0 Å². The van der Waals surface area contributed by atoms with Crippen LogP contribution in [0.25, 0.3) is 0 Å². The van der Waals surface area contributed by atoms with Gasteiger partial charge >= 0.3 is 0 Å². The van der Waals surface area contributed by atoms with Crippen molar-refractivity contribution < 1.29 is 17.6 Å². The molecule has 1 N–H and O–H groups in total. The summed E-state index contributed by atoms with van der Waals surface area (Å²) >= 11 is 0. The Morgan fingerprint density at radius 1 is 1.21 bits per heavy atom. The van der Waals surface area contributed by atoms with E-state index in [1.807, 2.05) is 6.92 Å². The second-order valence-corrected chi connectivity index (χ2v) is 4.66. The first kappa shape index (κ1) is 14.1. The summed E-state index contributed by atoms with van der Waals surface area (Å²) in [5, 5.41) is 3.18. The molecule has 106 valence electrons. The highest BCUT2D eigenvalue weighted by Crippen LogP contribution is 2.29. The molecule has 0 bridgehead atoms. The lowest BCUT2D eigenvalue weighted by molar-refractivity contribution is 0.409. The van der Waals surface area contributed by atoms with E-state index < -0.39 is 29.0 Å². The summed E-state index contributed by atoms with van der Waals surface area (Å²) in [5.74, 6) is -5.37. The Bertz CT molecular complexity index is 436. The van der Waals surface area contributed by atoms with Crippen molar-refractivity contribution in [3.8, 4) is 0 Å². The number of benzene rings is 1. The molecule has 0 amide bonds. The molecule has 1 aliphatic heterocycles. The fourth-order valence-electron chi connectivity index (χ4n) is 2.47. The predicted molar refractivity (Wildman–Crippen MR) is 65.2 cm³/mol. The Labute approximate surface area is 109 Å². The molecule has 6 heteroatoms. The Kier molecular flexibility index (Phi) is 4.29. The van der Waals surface area contributed by atoms with Gasteiger partial charge in [-0.3, -0.25) is 0 Å². The molecule has 1 atom stereocenters. The van der Waals surface area contributed by atoms with Crippen molar-refractivity contribution in [1.29, 1.82) is 0 Å². The predicted octanol–water partition coefficient (Wildman–Crippen LogP) is 2.82. The summed E-state index contributed by atoms with van der Waals surface area (Å²) < 4.78 is 53.8. The first-order valence-electron chi connectivity index (χ1n) is 6.36. The number of hydrogen-bond acceptors (Lipinski definition) is 2. The number of piperidine rings is 1. The molecule has 0 radical (unpaired) electrons. The lowest BCUT2D eigenvalue weighted by atomic mass is 10.0. The normalized spacial score (nSPS) is 19.8. The van der Waals surface area contributed by atoms with Crippen LogP contribution in [0.5, 0.6) is 0 Å². The SMILES string of the molecule is CCNC1CCCN(c2c(F)c(F)cc(F)c2F)C1. The number of nitrogens with zero attached hydrogens (tertiary/aromatic N) is 1. The zero-order chi connectivity index (χ0) is 14.0. The molecule has 2 rings (SSSR count). The number of likely N-dealkylation sites (N-methyl/N-ethyl adjacent to an activating group) is 1. The van der Waals surface area contributed by atoms with E-state index >= 15 is 0 Å². The van der Waals surface area contributed by atoms with Crippen LogP contribution in [-0.2, 0) is 0 Å². The summed E-state index contributed by atoms with van der Waals surface area (Å²) in [6.45, 7) is 3.39. The van der Waals surface area contributed by atoms with Gasteiger partial charge < -0.3 is 10.2 Å². The number of nitrogens with one attached hydrogen (secondary N) is 1. The van der Waals surface area contributed by atoms with Crippen LogP contribution in [-0.4, -0.2) is 25.7 Å². The van der Waals surface area contributed by atoms with Gasteiger partial charge in [0.05, 0.1) is 0 Å². The van der Waals surface area contributed by atoms with E-state index in [1.54, 1.807) is 0 Å². The zero-order valence-corrected chi connectivity index (χ0v) is 10.6. The molecule has 0 saturated carbocycles. The topological polar surface area (TPSA) is 15.3 Å². The van der Waals surface area contributed by atoms with Crippen molar-refractivity contribution >= 4 is 5.69 Å². The molecule has 1 aromatic carbocycles. The molecule has 1 heterocycles. The summed E-state index contributed by atoms with van der Waals surface area (Å²) in [6, 6.07) is 0.309. The molecule has 0 aromatic heterocycles. The smallest absolute Gasteiger partial charge is 0.185 e. The quantitative estimate of drug-likeness (QED) is 0.674. The van der Waals surface area contributed by atoms with Crippen LogP contribution in [0.15, 0.2) is 6.07 Å². The molecule has 1 saturated heterocycles. The van der Waals surface area contributed by atoms with Crippen LogP contribution in [0.1, 0.15) is 19.8 Å². The maximum atomic E-state index is 13.7. The highest BCUT2D eigenvalue weighted by atomic mass is 19.2. The molecule has 0 aliphatic carbocycles. The second-order valence-electron chi connectivity index (χ2n) is 4.66. The van der Waals surface area contributed by atoms with E-state index in [9.17, 15) is 17.6 Å². The molecule has 1 aromatic rings. The van der Waals surface area contributed by atoms with Crippen LogP contribution >= 0.6 is 0 Å². The van der Waals surface area contributed by atoms with Crippen LogP contribution in [0.2, 0.25) is 0 Å². The van der Waals surface area contributed by atoms with Crippen molar-refractivity contribution in [3.05, 3.63) is 29.3 Å².